The van der Waals surface area contributed by atoms with Crippen molar-refractivity contribution in [3.63, 3.8) is 0 Å². The topological polar surface area (TPSA) is 65.6 Å². The van der Waals surface area contributed by atoms with Crippen LogP contribution in [-0.4, -0.2) is 47.8 Å². The van der Waals surface area contributed by atoms with Gasteiger partial charge in [-0.15, -0.1) is 0 Å². The molecule has 1 unspecified atom stereocenters. The number of para-hydroxylation sites is 1. The first-order valence-electron chi connectivity index (χ1n) is 11.4. The van der Waals surface area contributed by atoms with Gasteiger partial charge in [-0.3, -0.25) is 4.90 Å². The number of allylic oxidation sites excluding steroid dienone is 1. The highest BCUT2D eigenvalue weighted by Gasteiger charge is 2.28. The quantitative estimate of drug-likeness (QED) is 0.381. The zero-order valence-electron chi connectivity index (χ0n) is 18.9. The van der Waals surface area contributed by atoms with Gasteiger partial charge in [-0.05, 0) is 66.5 Å². The van der Waals surface area contributed by atoms with E-state index in [-0.39, 0.29) is 12.6 Å². The van der Waals surface area contributed by atoms with E-state index in [1.165, 1.54) is 34.7 Å². The monoisotopic (exact) mass is 432 g/mol. The van der Waals surface area contributed by atoms with Crippen LogP contribution in [0.1, 0.15) is 48.1 Å². The Morgan fingerprint density at radius 1 is 1.25 bits per heavy atom. The van der Waals surface area contributed by atoms with Gasteiger partial charge in [-0.25, -0.2) is 4.79 Å². The molecule has 1 atom stereocenters. The molecule has 0 saturated heterocycles. The Hall–Kier alpha value is -2.89. The van der Waals surface area contributed by atoms with Crippen molar-refractivity contribution in [3.05, 3.63) is 77.0 Å². The zero-order chi connectivity index (χ0) is 22.5. The van der Waals surface area contributed by atoms with E-state index in [0.717, 1.165) is 49.9 Å². The van der Waals surface area contributed by atoms with E-state index in [1.807, 2.05) is 6.92 Å². The lowest BCUT2D eigenvalue weighted by Crippen LogP contribution is -2.31. The molecule has 0 amide bonds. The number of fused-ring (bicyclic) bond motifs is 2. The van der Waals surface area contributed by atoms with E-state index in [4.69, 9.17) is 4.74 Å². The second-order valence-corrected chi connectivity index (χ2v) is 8.54. The van der Waals surface area contributed by atoms with Crippen LogP contribution in [-0.2, 0) is 22.4 Å². The maximum absolute atomic E-state index is 11.6. The minimum Gasteiger partial charge on any atom is -0.466 e. The van der Waals surface area contributed by atoms with Crippen molar-refractivity contribution >= 4 is 22.4 Å². The average Bonchev–Trinajstić information content (AvgIpc) is 3.43. The van der Waals surface area contributed by atoms with E-state index in [1.54, 1.807) is 6.08 Å². The number of ether oxygens (including phenoxy) is 1. The lowest BCUT2D eigenvalue weighted by atomic mass is 9.99. The van der Waals surface area contributed by atoms with Crippen molar-refractivity contribution in [2.75, 3.05) is 26.8 Å². The van der Waals surface area contributed by atoms with Crippen LogP contribution in [0.4, 0.5) is 0 Å². The third-order valence-corrected chi connectivity index (χ3v) is 6.57. The number of H-pyrrole nitrogens is 1. The van der Waals surface area contributed by atoms with Gasteiger partial charge in [0.05, 0.1) is 7.11 Å². The largest absolute Gasteiger partial charge is 0.466 e. The number of benzene rings is 2. The summed E-state index contributed by atoms with van der Waals surface area (Å²) in [7, 11) is 1.40. The highest BCUT2D eigenvalue weighted by molar-refractivity contribution is 5.90. The van der Waals surface area contributed by atoms with Crippen LogP contribution >= 0.6 is 0 Å². The molecule has 1 aliphatic carbocycles. The molecule has 2 N–H and O–H groups in total. The van der Waals surface area contributed by atoms with Crippen LogP contribution in [0.3, 0.4) is 0 Å². The number of esters is 1. The Labute approximate surface area is 189 Å². The number of aliphatic hydroxyl groups excluding tert-OH is 1. The number of carbonyl (C=O) groups is 1. The van der Waals surface area contributed by atoms with E-state index >= 15 is 0 Å². The summed E-state index contributed by atoms with van der Waals surface area (Å²) in [5.41, 5.74) is 7.23. The van der Waals surface area contributed by atoms with E-state index < -0.39 is 0 Å². The minimum absolute atomic E-state index is 0.208. The fourth-order valence-corrected chi connectivity index (χ4v) is 4.84. The first-order valence-corrected chi connectivity index (χ1v) is 11.4. The molecule has 0 fully saturated rings. The number of rotatable bonds is 9. The Bertz CT molecular complexity index is 1120. The fraction of sp³-hybridized carbons (Fsp3) is 0.370. The van der Waals surface area contributed by atoms with Gasteiger partial charge in [0.15, 0.2) is 0 Å². The molecule has 5 heteroatoms. The van der Waals surface area contributed by atoms with Crippen molar-refractivity contribution in [3.8, 4) is 0 Å². The Balaban J connectivity index is 1.52. The number of hydrogen-bond acceptors (Lipinski definition) is 4. The van der Waals surface area contributed by atoms with Crippen LogP contribution in [0.15, 0.2) is 54.7 Å². The second-order valence-electron chi connectivity index (χ2n) is 8.54. The summed E-state index contributed by atoms with van der Waals surface area (Å²) >= 11 is 0. The zero-order valence-corrected chi connectivity index (χ0v) is 18.9. The number of hydrogen-bond donors (Lipinski definition) is 2. The van der Waals surface area contributed by atoms with Gasteiger partial charge in [0, 0.05) is 48.9 Å². The van der Waals surface area contributed by atoms with Gasteiger partial charge < -0.3 is 14.8 Å². The van der Waals surface area contributed by atoms with Gasteiger partial charge in [0.2, 0.25) is 0 Å². The molecule has 0 spiro atoms. The Morgan fingerprint density at radius 3 is 2.91 bits per heavy atom. The fourth-order valence-electron chi connectivity index (χ4n) is 4.84. The third-order valence-electron chi connectivity index (χ3n) is 6.57. The number of aryl methyl sites for hydroxylation is 1. The molecule has 0 aliphatic heterocycles. The molecular formula is C27H32N2O3. The smallest absolute Gasteiger partial charge is 0.330 e. The predicted octanol–water partition coefficient (Wildman–Crippen LogP) is 4.66. The lowest BCUT2D eigenvalue weighted by Gasteiger charge is -2.29. The lowest BCUT2D eigenvalue weighted by molar-refractivity contribution is -0.134. The highest BCUT2D eigenvalue weighted by atomic mass is 16.5. The number of aliphatic hydroxyl groups is 1. The SMILES string of the molecule is COC(=O)C=C(C)c1ccc2c(c1)CCC2N(CCCO)CCc1c[nH]c2ccccc12. The molecule has 4 rings (SSSR count). The molecule has 168 valence electrons. The third kappa shape index (κ3) is 4.79. The van der Waals surface area contributed by atoms with Crippen LogP contribution < -0.4 is 0 Å². The van der Waals surface area contributed by atoms with Crippen molar-refractivity contribution in [1.29, 1.82) is 0 Å². The summed E-state index contributed by atoms with van der Waals surface area (Å²) in [6, 6.07) is 15.3. The number of methoxy groups -OCH3 is 1. The predicted molar refractivity (Wildman–Crippen MR) is 128 cm³/mol. The van der Waals surface area contributed by atoms with E-state index in [0.29, 0.717) is 6.04 Å². The standard InChI is InChI=1S/C27H32N2O3/c1-19(16-27(31)32-2)20-8-10-24-21(17-20)9-11-26(24)29(13-5-15-30)14-12-22-18-28-25-7-4-3-6-23(22)25/h3-4,6-8,10,16-18,26,28,30H,5,9,11-15H2,1-2H3. The van der Waals surface area contributed by atoms with Crippen molar-refractivity contribution in [1.82, 2.24) is 9.88 Å². The molecule has 0 bridgehead atoms. The maximum atomic E-state index is 11.6. The van der Waals surface area contributed by atoms with Crippen LogP contribution in [0.2, 0.25) is 0 Å². The van der Waals surface area contributed by atoms with Crippen LogP contribution in [0, 0.1) is 0 Å². The molecule has 1 heterocycles. The summed E-state index contributed by atoms with van der Waals surface area (Å²) in [6.07, 6.45) is 7.53. The maximum Gasteiger partial charge on any atom is 0.330 e. The van der Waals surface area contributed by atoms with Crippen molar-refractivity contribution < 1.29 is 14.6 Å². The van der Waals surface area contributed by atoms with Gasteiger partial charge in [0.25, 0.3) is 0 Å². The molecule has 32 heavy (non-hydrogen) atoms. The van der Waals surface area contributed by atoms with Gasteiger partial charge in [-0.2, -0.15) is 0 Å². The number of nitrogens with one attached hydrogen (secondary N) is 1. The Kier molecular flexibility index (Phi) is 7.08. The average molecular weight is 433 g/mol. The molecule has 5 nitrogen and oxygen atoms in total. The van der Waals surface area contributed by atoms with E-state index in [2.05, 4.69) is 58.5 Å². The second kappa shape index (κ2) is 10.2. The van der Waals surface area contributed by atoms with Crippen molar-refractivity contribution in [2.45, 2.75) is 38.6 Å². The Morgan fingerprint density at radius 2 is 2.09 bits per heavy atom. The number of carbonyl (C=O) groups excluding carboxylic acids is 1. The summed E-state index contributed by atoms with van der Waals surface area (Å²) in [4.78, 5) is 17.5. The molecular weight excluding hydrogens is 400 g/mol. The summed E-state index contributed by atoms with van der Waals surface area (Å²) in [6.45, 7) is 3.99. The molecule has 1 aliphatic rings. The molecule has 3 aromatic rings. The van der Waals surface area contributed by atoms with E-state index in [9.17, 15) is 9.90 Å². The van der Waals surface area contributed by atoms with Crippen molar-refractivity contribution in [2.24, 2.45) is 0 Å². The number of aromatic amines is 1. The summed E-state index contributed by atoms with van der Waals surface area (Å²) < 4.78 is 4.76. The first kappa shape index (κ1) is 22.3. The minimum atomic E-state index is -0.326. The number of aromatic nitrogens is 1. The molecule has 2 aromatic carbocycles. The molecule has 0 saturated carbocycles. The van der Waals surface area contributed by atoms with Gasteiger partial charge in [-0.1, -0.05) is 36.4 Å². The number of nitrogens with zero attached hydrogens (tertiary/aromatic N) is 1. The normalized spacial score (nSPS) is 16.0. The first-order chi connectivity index (χ1) is 15.6. The molecule has 0 radical (unpaired) electrons. The highest BCUT2D eigenvalue weighted by Crippen LogP contribution is 2.37. The van der Waals surface area contributed by atoms with Gasteiger partial charge in [0.1, 0.15) is 0 Å². The summed E-state index contributed by atoms with van der Waals surface area (Å²) in [5.74, 6) is -0.326. The van der Waals surface area contributed by atoms with Crippen LogP contribution in [0.5, 0.6) is 0 Å². The van der Waals surface area contributed by atoms with Crippen LogP contribution in [0.25, 0.3) is 16.5 Å². The van der Waals surface area contributed by atoms with Gasteiger partial charge >= 0.3 is 5.97 Å². The molecule has 1 aromatic heterocycles. The summed E-state index contributed by atoms with van der Waals surface area (Å²) in [5, 5.41) is 10.8.